The Bertz CT molecular complexity index is 1420. The fourth-order valence-electron chi connectivity index (χ4n) is 5.53. The molecular weight excluding hydrogens is 543 g/mol. The highest BCUT2D eigenvalue weighted by Crippen LogP contribution is 2.66. The van der Waals surface area contributed by atoms with Crippen molar-refractivity contribution in [3.63, 3.8) is 0 Å². The minimum atomic E-state index is -5.37. The lowest BCUT2D eigenvalue weighted by Crippen LogP contribution is -2.74. The fraction of sp³-hybridized carbons (Fsp3) is 0.400. The second-order valence-electron chi connectivity index (χ2n) is 10.1. The van der Waals surface area contributed by atoms with Gasteiger partial charge in [0.15, 0.2) is 0 Å². The Morgan fingerprint density at radius 2 is 1.79 bits per heavy atom. The first-order chi connectivity index (χ1) is 17.5. The Kier molecular flexibility index (Phi) is 5.59. The van der Waals surface area contributed by atoms with Gasteiger partial charge < -0.3 is 10.2 Å². The Morgan fingerprint density at radius 1 is 1.13 bits per heavy atom. The van der Waals surface area contributed by atoms with Crippen LogP contribution in [0.25, 0.3) is 0 Å². The first-order valence-corrected chi connectivity index (χ1v) is 11.6. The molecular formula is C25H17ClF7N3O2. The highest BCUT2D eigenvalue weighted by Gasteiger charge is 2.69. The van der Waals surface area contributed by atoms with Gasteiger partial charge in [-0.3, -0.25) is 4.79 Å². The van der Waals surface area contributed by atoms with E-state index in [2.05, 4.69) is 21.4 Å². The van der Waals surface area contributed by atoms with E-state index in [-0.39, 0.29) is 34.4 Å². The van der Waals surface area contributed by atoms with Crippen LogP contribution in [-0.4, -0.2) is 23.3 Å². The normalized spacial score (nSPS) is 27.9. The monoisotopic (exact) mass is 559 g/mol. The molecule has 3 aliphatic carbocycles. The predicted octanol–water partition coefficient (Wildman–Crippen LogP) is 6.56. The molecule has 0 unspecified atom stereocenters. The van der Waals surface area contributed by atoms with Crippen LogP contribution in [-0.2, 0) is 16.6 Å². The Labute approximate surface area is 216 Å². The minimum Gasteiger partial charge on any atom is -0.374 e. The zero-order chi connectivity index (χ0) is 27.9. The molecule has 1 N–H and O–H groups in total. The van der Waals surface area contributed by atoms with E-state index in [4.69, 9.17) is 16.9 Å². The summed E-state index contributed by atoms with van der Waals surface area (Å²) in [5.41, 5.74) is -6.92. The van der Waals surface area contributed by atoms with Crippen molar-refractivity contribution in [2.75, 3.05) is 0 Å². The number of amides is 1. The van der Waals surface area contributed by atoms with E-state index in [9.17, 15) is 35.5 Å². The molecule has 0 aromatic heterocycles. The number of hydrogen-bond acceptors (Lipinski definition) is 4. The maximum atomic E-state index is 14.8. The van der Waals surface area contributed by atoms with E-state index in [0.717, 1.165) is 0 Å². The Hall–Kier alpha value is -3.33. The minimum absolute atomic E-state index is 0.0210. The standard InChI is InChI=1S/C25H17ClF7N3O2/c1-12-4-13(2-3-15(12)20(37)35-22-8-21(9-22,10-22)11-34)18-7-23(38-36-18,25(31,32)33)16-5-14(24(28,29)30)6-17(26)19(16)27/h2-6H,7-10H2,1H3,(H,35,37)/t21?,22?,23-/m1/s1. The molecule has 3 fully saturated rings. The largest absolute Gasteiger partial charge is 0.435 e. The maximum Gasteiger partial charge on any atom is 0.435 e. The van der Waals surface area contributed by atoms with Crippen LogP contribution in [0.1, 0.15) is 58.3 Å². The second-order valence-corrected chi connectivity index (χ2v) is 10.5. The van der Waals surface area contributed by atoms with E-state index in [1.165, 1.54) is 18.2 Å². The van der Waals surface area contributed by atoms with E-state index >= 15 is 0 Å². The fourth-order valence-corrected chi connectivity index (χ4v) is 5.75. The van der Waals surface area contributed by atoms with Gasteiger partial charge in [0.05, 0.1) is 34.2 Å². The molecule has 5 nitrogen and oxygen atoms in total. The van der Waals surface area contributed by atoms with E-state index < -0.39 is 57.8 Å². The van der Waals surface area contributed by atoms with Gasteiger partial charge in [0.2, 0.25) is 0 Å². The van der Waals surface area contributed by atoms with Crippen molar-refractivity contribution in [1.82, 2.24) is 5.32 Å². The molecule has 2 bridgehead atoms. The van der Waals surface area contributed by atoms with Crippen LogP contribution in [0.15, 0.2) is 35.5 Å². The molecule has 1 heterocycles. The van der Waals surface area contributed by atoms with Gasteiger partial charge in [-0.25, -0.2) is 4.39 Å². The number of nitriles is 1. The topological polar surface area (TPSA) is 74.5 Å². The van der Waals surface area contributed by atoms with Gasteiger partial charge in [-0.2, -0.15) is 31.6 Å². The summed E-state index contributed by atoms with van der Waals surface area (Å²) in [4.78, 5) is 17.5. The van der Waals surface area contributed by atoms with Crippen molar-refractivity contribution in [1.29, 1.82) is 5.26 Å². The predicted molar refractivity (Wildman–Crippen MR) is 120 cm³/mol. The van der Waals surface area contributed by atoms with Crippen molar-refractivity contribution in [2.24, 2.45) is 10.6 Å². The summed E-state index contributed by atoms with van der Waals surface area (Å²) in [5, 5.41) is 14.4. The van der Waals surface area contributed by atoms with Gasteiger partial charge in [0, 0.05) is 16.7 Å². The smallest absolute Gasteiger partial charge is 0.374 e. The number of alkyl halides is 6. The van der Waals surface area contributed by atoms with Crippen LogP contribution in [0, 0.1) is 29.5 Å². The van der Waals surface area contributed by atoms with Crippen molar-refractivity contribution in [3.8, 4) is 6.07 Å². The molecule has 1 amide bonds. The lowest BCUT2D eigenvalue weighted by atomic mass is 9.40. The number of rotatable bonds is 4. The van der Waals surface area contributed by atoms with Crippen LogP contribution in [0.5, 0.6) is 0 Å². The Balaban J connectivity index is 1.42. The van der Waals surface area contributed by atoms with Crippen molar-refractivity contribution in [3.05, 3.63) is 69.0 Å². The molecule has 4 aliphatic rings. The number of nitrogens with one attached hydrogen (secondary N) is 1. The van der Waals surface area contributed by atoms with Gasteiger partial charge in [-0.1, -0.05) is 22.8 Å². The van der Waals surface area contributed by atoms with Crippen molar-refractivity contribution >= 4 is 23.2 Å². The third kappa shape index (κ3) is 3.90. The van der Waals surface area contributed by atoms with Gasteiger partial charge in [-0.05, 0) is 61.6 Å². The molecule has 200 valence electrons. The summed E-state index contributed by atoms with van der Waals surface area (Å²) in [5.74, 6) is -2.11. The van der Waals surface area contributed by atoms with Gasteiger partial charge >= 0.3 is 12.4 Å². The van der Waals surface area contributed by atoms with E-state index in [1.54, 1.807) is 6.92 Å². The molecule has 3 saturated carbocycles. The van der Waals surface area contributed by atoms with Gasteiger partial charge in [-0.15, -0.1) is 0 Å². The van der Waals surface area contributed by atoms with Crippen LogP contribution in [0.2, 0.25) is 5.02 Å². The molecule has 0 spiro atoms. The SMILES string of the molecule is Cc1cc(C2=NO[C@](c3cc(C(F)(F)F)cc(Cl)c3F)(C(F)(F)F)C2)ccc1C(=O)NC12CC(C#N)(C1)C2. The summed E-state index contributed by atoms with van der Waals surface area (Å²) in [7, 11) is 0. The number of hydrogen-bond donors (Lipinski definition) is 1. The number of nitrogens with zero attached hydrogens (tertiary/aromatic N) is 2. The molecule has 2 aromatic rings. The quantitative estimate of drug-likeness (QED) is 0.431. The summed E-state index contributed by atoms with van der Waals surface area (Å²) < 4.78 is 97.4. The summed E-state index contributed by atoms with van der Waals surface area (Å²) >= 11 is 5.53. The number of aryl methyl sites for hydroxylation is 1. The Morgan fingerprint density at radius 3 is 2.34 bits per heavy atom. The zero-order valence-electron chi connectivity index (χ0n) is 19.4. The highest BCUT2D eigenvalue weighted by molar-refractivity contribution is 6.30. The lowest BCUT2D eigenvalue weighted by molar-refractivity contribution is -0.276. The molecule has 0 radical (unpaired) electrons. The maximum absolute atomic E-state index is 14.8. The highest BCUT2D eigenvalue weighted by atomic mass is 35.5. The third-order valence-electron chi connectivity index (χ3n) is 7.43. The number of carbonyl (C=O) groups is 1. The van der Waals surface area contributed by atoms with Gasteiger partial charge in [0.1, 0.15) is 5.82 Å². The summed E-state index contributed by atoms with van der Waals surface area (Å²) in [6.07, 6.45) is -9.92. The average Bonchev–Trinajstić information content (AvgIpc) is 3.22. The van der Waals surface area contributed by atoms with Crippen molar-refractivity contribution < 1.29 is 40.4 Å². The third-order valence-corrected chi connectivity index (χ3v) is 7.70. The number of carbonyl (C=O) groups excluding carboxylic acids is 1. The summed E-state index contributed by atoms with van der Waals surface area (Å²) in [6.45, 7) is 1.55. The first kappa shape index (κ1) is 26.3. The van der Waals surface area contributed by atoms with Gasteiger partial charge in [0.25, 0.3) is 11.5 Å². The molecule has 1 atom stereocenters. The summed E-state index contributed by atoms with van der Waals surface area (Å²) in [6, 6.07) is 6.54. The lowest BCUT2D eigenvalue weighted by Gasteiger charge is -2.67. The number of halogens is 8. The average molecular weight is 560 g/mol. The molecule has 6 rings (SSSR count). The molecule has 13 heteroatoms. The second kappa shape index (κ2) is 8.09. The first-order valence-electron chi connectivity index (χ1n) is 11.3. The van der Waals surface area contributed by atoms with Crippen LogP contribution in [0.3, 0.4) is 0 Å². The number of oxime groups is 1. The van der Waals surface area contributed by atoms with Crippen LogP contribution in [0.4, 0.5) is 30.7 Å². The number of benzene rings is 2. The molecule has 2 aromatic carbocycles. The molecule has 1 aliphatic heterocycles. The van der Waals surface area contributed by atoms with Crippen LogP contribution < -0.4 is 5.32 Å². The van der Waals surface area contributed by atoms with E-state index in [1.807, 2.05) is 0 Å². The zero-order valence-corrected chi connectivity index (χ0v) is 20.2. The molecule has 38 heavy (non-hydrogen) atoms. The molecule has 0 saturated heterocycles. The van der Waals surface area contributed by atoms with Crippen LogP contribution >= 0.6 is 11.6 Å². The van der Waals surface area contributed by atoms with E-state index in [0.29, 0.717) is 24.8 Å². The van der Waals surface area contributed by atoms with Crippen molar-refractivity contribution in [2.45, 2.75) is 56.1 Å².